The van der Waals surface area contributed by atoms with Crippen LogP contribution in [0, 0.1) is 5.92 Å². The van der Waals surface area contributed by atoms with Gasteiger partial charge in [0, 0.05) is 28.4 Å². The number of nitrogens with two attached hydrogens (primary N) is 1. The second-order valence-electron chi connectivity index (χ2n) is 5.13. The van der Waals surface area contributed by atoms with Gasteiger partial charge in [0.1, 0.15) is 0 Å². The molecular weight excluding hydrogens is 278 g/mol. The van der Waals surface area contributed by atoms with Crippen LogP contribution in [0.2, 0.25) is 0 Å². The Balaban J connectivity index is 1.74. The van der Waals surface area contributed by atoms with Gasteiger partial charge in [-0.1, -0.05) is 0 Å². The molecule has 0 aliphatic carbocycles. The average Bonchev–Trinajstić information content (AvgIpc) is 2.34. The van der Waals surface area contributed by atoms with Crippen molar-refractivity contribution in [3.8, 4) is 0 Å². The van der Waals surface area contributed by atoms with E-state index in [2.05, 4.69) is 32.2 Å². The molecule has 0 spiro atoms. The number of fused-ring (bicyclic) bond motifs is 3. The van der Waals surface area contributed by atoms with E-state index in [9.17, 15) is 0 Å². The highest BCUT2D eigenvalue weighted by molar-refractivity contribution is 9.10. The monoisotopic (exact) mass is 295 g/mol. The molecule has 3 aliphatic rings. The number of piperidine rings is 3. The minimum Gasteiger partial charge on any atom is -0.399 e. The van der Waals surface area contributed by atoms with Gasteiger partial charge in [-0.15, -0.1) is 0 Å². The Morgan fingerprint density at radius 1 is 1.29 bits per heavy atom. The molecular formula is C13H18BrN3. The van der Waals surface area contributed by atoms with Crippen LogP contribution in [0.25, 0.3) is 0 Å². The fraction of sp³-hybridized carbons (Fsp3) is 0.538. The number of benzene rings is 1. The highest BCUT2D eigenvalue weighted by Gasteiger charge is 2.34. The maximum absolute atomic E-state index is 5.76. The van der Waals surface area contributed by atoms with Crippen LogP contribution in [0.3, 0.4) is 0 Å². The molecule has 4 heteroatoms. The van der Waals surface area contributed by atoms with Crippen molar-refractivity contribution in [1.82, 2.24) is 4.90 Å². The van der Waals surface area contributed by atoms with E-state index in [0.29, 0.717) is 6.04 Å². The molecule has 0 aromatic heterocycles. The Labute approximate surface area is 110 Å². The van der Waals surface area contributed by atoms with E-state index in [4.69, 9.17) is 5.73 Å². The molecule has 3 nitrogen and oxygen atoms in total. The number of hydrogen-bond acceptors (Lipinski definition) is 3. The van der Waals surface area contributed by atoms with E-state index in [1.165, 1.54) is 32.5 Å². The Hall–Kier alpha value is -0.740. The van der Waals surface area contributed by atoms with Crippen LogP contribution in [0.4, 0.5) is 11.4 Å². The zero-order valence-electron chi connectivity index (χ0n) is 9.82. The Kier molecular flexibility index (Phi) is 3.01. The van der Waals surface area contributed by atoms with Gasteiger partial charge >= 0.3 is 0 Å². The molecule has 0 radical (unpaired) electrons. The first-order valence-electron chi connectivity index (χ1n) is 6.26. The maximum atomic E-state index is 5.76. The van der Waals surface area contributed by atoms with Gasteiger partial charge in [-0.25, -0.2) is 0 Å². The van der Waals surface area contributed by atoms with Crippen LogP contribution in [0.5, 0.6) is 0 Å². The Bertz CT molecular complexity index is 413. The highest BCUT2D eigenvalue weighted by Crippen LogP contribution is 2.32. The molecule has 17 heavy (non-hydrogen) atoms. The highest BCUT2D eigenvalue weighted by atomic mass is 79.9. The standard InChI is InChI=1S/C13H18BrN3/c14-11-7-10(15)1-2-12(11)16-13-8-17-5-3-9(13)4-6-17/h1-2,7,9,13,16H,3-6,8,15H2. The van der Waals surface area contributed by atoms with E-state index in [1.807, 2.05) is 12.1 Å². The summed E-state index contributed by atoms with van der Waals surface area (Å²) in [5.41, 5.74) is 7.72. The average molecular weight is 296 g/mol. The minimum atomic E-state index is 0.595. The summed E-state index contributed by atoms with van der Waals surface area (Å²) in [5, 5.41) is 3.66. The van der Waals surface area contributed by atoms with Crippen molar-refractivity contribution in [2.24, 2.45) is 5.92 Å². The third-order valence-electron chi connectivity index (χ3n) is 3.99. The number of halogens is 1. The lowest BCUT2D eigenvalue weighted by molar-refractivity contribution is 0.0975. The quantitative estimate of drug-likeness (QED) is 0.824. The minimum absolute atomic E-state index is 0.595. The van der Waals surface area contributed by atoms with Crippen LogP contribution >= 0.6 is 15.9 Å². The summed E-state index contributed by atoms with van der Waals surface area (Å²) in [7, 11) is 0. The second kappa shape index (κ2) is 4.50. The van der Waals surface area contributed by atoms with Gasteiger partial charge in [0.05, 0.1) is 0 Å². The maximum Gasteiger partial charge on any atom is 0.0488 e. The lowest BCUT2D eigenvalue weighted by Crippen LogP contribution is -2.53. The van der Waals surface area contributed by atoms with E-state index >= 15 is 0 Å². The van der Waals surface area contributed by atoms with E-state index in [-0.39, 0.29) is 0 Å². The van der Waals surface area contributed by atoms with E-state index in [0.717, 1.165) is 21.8 Å². The molecule has 2 bridgehead atoms. The number of nitrogens with one attached hydrogen (secondary N) is 1. The fourth-order valence-corrected chi connectivity index (χ4v) is 3.49. The summed E-state index contributed by atoms with van der Waals surface area (Å²) in [4.78, 5) is 2.56. The molecule has 0 saturated carbocycles. The number of rotatable bonds is 2. The van der Waals surface area contributed by atoms with Crippen LogP contribution in [0.1, 0.15) is 12.8 Å². The van der Waals surface area contributed by atoms with Crippen molar-refractivity contribution in [3.05, 3.63) is 22.7 Å². The van der Waals surface area contributed by atoms with Crippen LogP contribution in [-0.2, 0) is 0 Å². The number of nitrogen functional groups attached to an aromatic ring is 1. The normalized spacial score (nSPS) is 31.5. The molecule has 1 aromatic rings. The summed E-state index contributed by atoms with van der Waals surface area (Å²) in [6, 6.07) is 6.58. The van der Waals surface area contributed by atoms with Crippen LogP contribution in [-0.4, -0.2) is 30.6 Å². The van der Waals surface area contributed by atoms with Gasteiger partial charge in [-0.05, 0) is 66.0 Å². The van der Waals surface area contributed by atoms with Gasteiger partial charge in [0.2, 0.25) is 0 Å². The van der Waals surface area contributed by atoms with Crippen molar-refractivity contribution in [3.63, 3.8) is 0 Å². The molecule has 3 fully saturated rings. The molecule has 0 amide bonds. The molecule has 3 N–H and O–H groups in total. The van der Waals surface area contributed by atoms with Gasteiger partial charge in [-0.2, -0.15) is 0 Å². The molecule has 92 valence electrons. The zero-order chi connectivity index (χ0) is 11.8. The first kappa shape index (κ1) is 11.4. The Morgan fingerprint density at radius 2 is 2.06 bits per heavy atom. The van der Waals surface area contributed by atoms with E-state index in [1.54, 1.807) is 0 Å². The summed E-state index contributed by atoms with van der Waals surface area (Å²) < 4.78 is 1.06. The lowest BCUT2D eigenvalue weighted by atomic mass is 9.84. The molecule has 1 atom stereocenters. The molecule has 3 heterocycles. The molecule has 3 saturated heterocycles. The first-order chi connectivity index (χ1) is 8.22. The predicted molar refractivity (Wildman–Crippen MR) is 75.1 cm³/mol. The van der Waals surface area contributed by atoms with Gasteiger partial charge in [0.15, 0.2) is 0 Å². The zero-order valence-corrected chi connectivity index (χ0v) is 11.4. The fourth-order valence-electron chi connectivity index (χ4n) is 2.98. The molecule has 1 aromatic carbocycles. The topological polar surface area (TPSA) is 41.3 Å². The second-order valence-corrected chi connectivity index (χ2v) is 5.98. The van der Waals surface area contributed by atoms with E-state index < -0.39 is 0 Å². The smallest absolute Gasteiger partial charge is 0.0488 e. The number of nitrogens with zero attached hydrogens (tertiary/aromatic N) is 1. The molecule has 1 unspecified atom stereocenters. The van der Waals surface area contributed by atoms with Gasteiger partial charge in [0.25, 0.3) is 0 Å². The van der Waals surface area contributed by atoms with Gasteiger partial charge in [-0.3, -0.25) is 0 Å². The van der Waals surface area contributed by atoms with Crippen molar-refractivity contribution in [2.75, 3.05) is 30.7 Å². The molecule has 4 rings (SSSR count). The summed E-state index contributed by atoms with van der Waals surface area (Å²) >= 11 is 3.57. The third kappa shape index (κ3) is 2.29. The predicted octanol–water partition coefficient (Wildman–Crippen LogP) is 2.54. The third-order valence-corrected chi connectivity index (χ3v) is 4.65. The van der Waals surface area contributed by atoms with Crippen molar-refractivity contribution >= 4 is 27.3 Å². The summed E-state index contributed by atoms with van der Waals surface area (Å²) in [6.07, 6.45) is 2.68. The molecule has 3 aliphatic heterocycles. The van der Waals surface area contributed by atoms with Gasteiger partial charge < -0.3 is 16.0 Å². The SMILES string of the molecule is Nc1ccc(NC2CN3CCC2CC3)c(Br)c1. The largest absolute Gasteiger partial charge is 0.399 e. The lowest BCUT2D eigenvalue weighted by Gasteiger charge is -2.45. The summed E-state index contributed by atoms with van der Waals surface area (Å²) in [5.74, 6) is 0.837. The van der Waals surface area contributed by atoms with Crippen molar-refractivity contribution in [2.45, 2.75) is 18.9 Å². The van der Waals surface area contributed by atoms with Crippen LogP contribution in [0.15, 0.2) is 22.7 Å². The van der Waals surface area contributed by atoms with Crippen LogP contribution < -0.4 is 11.1 Å². The Morgan fingerprint density at radius 3 is 2.65 bits per heavy atom. The van der Waals surface area contributed by atoms with Crippen molar-refractivity contribution in [1.29, 1.82) is 0 Å². The number of hydrogen-bond donors (Lipinski definition) is 2. The number of anilines is 2. The summed E-state index contributed by atoms with van der Waals surface area (Å²) in [6.45, 7) is 3.75. The van der Waals surface area contributed by atoms with Crippen molar-refractivity contribution < 1.29 is 0 Å². The first-order valence-corrected chi connectivity index (χ1v) is 7.05.